The minimum absolute atomic E-state index is 0.450. The van der Waals surface area contributed by atoms with Crippen LogP contribution in [0, 0.1) is 6.92 Å². The van der Waals surface area contributed by atoms with E-state index in [1.807, 2.05) is 18.2 Å². The van der Waals surface area contributed by atoms with Crippen molar-refractivity contribution in [2.75, 3.05) is 5.43 Å². The van der Waals surface area contributed by atoms with E-state index in [0.717, 1.165) is 22.0 Å². The van der Waals surface area contributed by atoms with Crippen LogP contribution in [0.15, 0.2) is 42.7 Å². The first-order valence-electron chi connectivity index (χ1n) is 9.70. The molecule has 0 bridgehead atoms. The minimum Gasteiger partial charge on any atom is -0.359 e. The van der Waals surface area contributed by atoms with E-state index < -0.39 is 0 Å². The van der Waals surface area contributed by atoms with Crippen molar-refractivity contribution < 1.29 is 0 Å². The molecule has 3 aromatic rings. The van der Waals surface area contributed by atoms with Gasteiger partial charge in [0.2, 0.25) is 0 Å². The predicted molar refractivity (Wildman–Crippen MR) is 117 cm³/mol. The highest BCUT2D eigenvalue weighted by Crippen LogP contribution is 2.25. The first kappa shape index (κ1) is 18.6. The highest BCUT2D eigenvalue weighted by atomic mass is 32.1. The summed E-state index contributed by atoms with van der Waals surface area (Å²) in [6.45, 7) is 2.06. The topological polar surface area (TPSA) is 74.8 Å². The Balaban J connectivity index is 1.57. The molecular weight excluding hydrogens is 368 g/mol. The number of nitrogens with zero attached hydrogens (tertiary/aromatic N) is 3. The van der Waals surface area contributed by atoms with Crippen LogP contribution in [0.2, 0.25) is 0 Å². The standard InChI is InChI=1S/C21H24N6S/c1-14-9-10-18-17(12-14)20(25-19(24-18)15-6-5-11-22-13-15)26-27-21(28)23-16-7-3-2-4-8-16/h5-6,9-13,16H,2-4,7-8H2,1H3,(H2,23,27,28)(H,24,25,26). The first-order valence-corrected chi connectivity index (χ1v) is 10.1. The Kier molecular flexibility index (Phi) is 5.62. The Bertz CT molecular complexity index is 969. The molecule has 0 unspecified atom stereocenters. The lowest BCUT2D eigenvalue weighted by atomic mass is 9.96. The zero-order valence-electron chi connectivity index (χ0n) is 15.9. The number of nitrogens with one attached hydrogen (secondary N) is 3. The molecule has 1 aliphatic rings. The number of anilines is 1. The summed E-state index contributed by atoms with van der Waals surface area (Å²) < 4.78 is 0. The normalized spacial score (nSPS) is 14.6. The summed E-state index contributed by atoms with van der Waals surface area (Å²) >= 11 is 5.47. The van der Waals surface area contributed by atoms with Gasteiger partial charge in [0.05, 0.1) is 5.52 Å². The lowest BCUT2D eigenvalue weighted by Crippen LogP contribution is -2.44. The van der Waals surface area contributed by atoms with Crippen molar-refractivity contribution in [2.24, 2.45) is 0 Å². The third-order valence-corrected chi connectivity index (χ3v) is 5.23. The molecule has 0 aliphatic heterocycles. The number of hydrogen-bond donors (Lipinski definition) is 3. The van der Waals surface area contributed by atoms with Gasteiger partial charge in [-0.15, -0.1) is 0 Å². The Morgan fingerprint density at radius 2 is 1.96 bits per heavy atom. The van der Waals surface area contributed by atoms with Crippen LogP contribution in [0.1, 0.15) is 37.7 Å². The highest BCUT2D eigenvalue weighted by Gasteiger charge is 2.15. The van der Waals surface area contributed by atoms with Gasteiger partial charge in [0, 0.05) is 29.4 Å². The number of aromatic nitrogens is 3. The summed E-state index contributed by atoms with van der Waals surface area (Å²) in [7, 11) is 0. The molecule has 2 heterocycles. The number of rotatable bonds is 4. The fraction of sp³-hybridized carbons (Fsp3) is 0.333. The van der Waals surface area contributed by atoms with E-state index in [4.69, 9.17) is 22.2 Å². The molecule has 1 saturated carbocycles. The van der Waals surface area contributed by atoms with Crippen LogP contribution in [-0.4, -0.2) is 26.1 Å². The summed E-state index contributed by atoms with van der Waals surface area (Å²) in [5, 5.41) is 4.94. The molecule has 0 atom stereocenters. The number of hydrogen-bond acceptors (Lipinski definition) is 5. The molecule has 0 saturated heterocycles. The second-order valence-electron chi connectivity index (χ2n) is 7.22. The van der Waals surface area contributed by atoms with Crippen LogP contribution in [0.4, 0.5) is 5.82 Å². The van der Waals surface area contributed by atoms with E-state index >= 15 is 0 Å². The van der Waals surface area contributed by atoms with Gasteiger partial charge in [0.15, 0.2) is 16.8 Å². The average Bonchev–Trinajstić information content (AvgIpc) is 2.73. The summed E-state index contributed by atoms with van der Waals surface area (Å²) in [5.74, 6) is 1.32. The Labute approximate surface area is 170 Å². The molecule has 2 aromatic heterocycles. The summed E-state index contributed by atoms with van der Waals surface area (Å²) in [6, 6.07) is 10.4. The Hall–Kier alpha value is -2.80. The second kappa shape index (κ2) is 8.48. The van der Waals surface area contributed by atoms with Gasteiger partial charge in [0.25, 0.3) is 0 Å². The number of thiocarbonyl (C=S) groups is 1. The van der Waals surface area contributed by atoms with Gasteiger partial charge in [-0.3, -0.25) is 15.8 Å². The maximum atomic E-state index is 5.47. The number of fused-ring (bicyclic) bond motifs is 1. The average molecular weight is 393 g/mol. The van der Waals surface area contributed by atoms with Gasteiger partial charge in [-0.1, -0.05) is 30.9 Å². The number of hydrazine groups is 1. The molecule has 0 spiro atoms. The van der Waals surface area contributed by atoms with Crippen LogP contribution in [0.25, 0.3) is 22.3 Å². The van der Waals surface area contributed by atoms with E-state index in [1.165, 1.54) is 32.1 Å². The Morgan fingerprint density at radius 3 is 2.75 bits per heavy atom. The van der Waals surface area contributed by atoms with E-state index in [1.54, 1.807) is 12.4 Å². The van der Waals surface area contributed by atoms with Gasteiger partial charge < -0.3 is 5.32 Å². The van der Waals surface area contributed by atoms with Crippen molar-refractivity contribution in [2.45, 2.75) is 45.1 Å². The molecular formula is C21H24N6S. The van der Waals surface area contributed by atoms with Crippen molar-refractivity contribution >= 4 is 34.1 Å². The molecule has 144 valence electrons. The van der Waals surface area contributed by atoms with Gasteiger partial charge in [-0.05, 0) is 56.2 Å². The molecule has 0 amide bonds. The third-order valence-electron chi connectivity index (χ3n) is 5.01. The SMILES string of the molecule is Cc1ccc2nc(-c3cccnc3)nc(NNC(=S)NC3CCCCC3)c2c1. The second-order valence-corrected chi connectivity index (χ2v) is 7.62. The van der Waals surface area contributed by atoms with E-state index in [0.29, 0.717) is 22.8 Å². The maximum Gasteiger partial charge on any atom is 0.185 e. The largest absolute Gasteiger partial charge is 0.359 e. The number of pyridine rings is 1. The van der Waals surface area contributed by atoms with Crippen molar-refractivity contribution in [3.8, 4) is 11.4 Å². The molecule has 3 N–H and O–H groups in total. The molecule has 28 heavy (non-hydrogen) atoms. The zero-order valence-corrected chi connectivity index (χ0v) is 16.7. The lowest BCUT2D eigenvalue weighted by Gasteiger charge is -2.24. The van der Waals surface area contributed by atoms with Crippen LogP contribution in [0.5, 0.6) is 0 Å². The van der Waals surface area contributed by atoms with Gasteiger partial charge in [-0.25, -0.2) is 9.97 Å². The molecule has 1 fully saturated rings. The van der Waals surface area contributed by atoms with Crippen molar-refractivity contribution in [1.29, 1.82) is 0 Å². The summed E-state index contributed by atoms with van der Waals surface area (Å²) in [4.78, 5) is 13.6. The van der Waals surface area contributed by atoms with Crippen LogP contribution in [0.3, 0.4) is 0 Å². The van der Waals surface area contributed by atoms with Gasteiger partial charge >= 0.3 is 0 Å². The van der Waals surface area contributed by atoms with Crippen molar-refractivity contribution in [1.82, 2.24) is 25.7 Å². The lowest BCUT2D eigenvalue weighted by molar-refractivity contribution is 0.412. The number of benzene rings is 1. The monoisotopic (exact) mass is 392 g/mol. The smallest absolute Gasteiger partial charge is 0.185 e. The van der Waals surface area contributed by atoms with E-state index in [-0.39, 0.29) is 0 Å². The molecule has 0 radical (unpaired) electrons. The van der Waals surface area contributed by atoms with Crippen LogP contribution >= 0.6 is 12.2 Å². The fourth-order valence-corrected chi connectivity index (χ4v) is 3.76. The molecule has 6 nitrogen and oxygen atoms in total. The molecule has 4 rings (SSSR count). The van der Waals surface area contributed by atoms with Crippen LogP contribution in [-0.2, 0) is 0 Å². The Morgan fingerprint density at radius 1 is 1.11 bits per heavy atom. The van der Waals surface area contributed by atoms with Crippen molar-refractivity contribution in [3.63, 3.8) is 0 Å². The third kappa shape index (κ3) is 4.36. The van der Waals surface area contributed by atoms with Crippen LogP contribution < -0.4 is 16.2 Å². The summed E-state index contributed by atoms with van der Waals surface area (Å²) in [5.41, 5.74) is 9.18. The number of aryl methyl sites for hydroxylation is 1. The quantitative estimate of drug-likeness (QED) is 0.455. The molecule has 7 heteroatoms. The predicted octanol–water partition coefficient (Wildman–Crippen LogP) is 4.12. The summed E-state index contributed by atoms with van der Waals surface area (Å²) in [6.07, 6.45) is 9.69. The first-order chi connectivity index (χ1) is 13.7. The zero-order chi connectivity index (χ0) is 19.3. The molecule has 1 aromatic carbocycles. The fourth-order valence-electron chi connectivity index (χ4n) is 3.55. The van der Waals surface area contributed by atoms with Gasteiger partial charge in [0.1, 0.15) is 0 Å². The van der Waals surface area contributed by atoms with Crippen molar-refractivity contribution in [3.05, 3.63) is 48.3 Å². The minimum atomic E-state index is 0.450. The molecule has 1 aliphatic carbocycles. The highest BCUT2D eigenvalue weighted by molar-refractivity contribution is 7.80. The van der Waals surface area contributed by atoms with E-state index in [9.17, 15) is 0 Å². The van der Waals surface area contributed by atoms with E-state index in [2.05, 4.69) is 40.2 Å². The van der Waals surface area contributed by atoms with Gasteiger partial charge in [-0.2, -0.15) is 0 Å². The maximum absolute atomic E-state index is 5.47.